The molecule has 1 amide bonds. The molecule has 2 aromatic heterocycles. The second-order valence-electron chi connectivity index (χ2n) is 9.16. The lowest BCUT2D eigenvalue weighted by molar-refractivity contribution is -0.172. The molecule has 2 aliphatic heterocycles. The summed E-state index contributed by atoms with van der Waals surface area (Å²) in [6.45, 7) is 4.94. The first-order chi connectivity index (χ1) is 18.2. The number of carbonyl (C=O) groups excluding carboxylic acids is 3. The number of imidazole rings is 1. The van der Waals surface area contributed by atoms with Crippen LogP contribution < -0.4 is 4.74 Å². The Balaban J connectivity index is 1.46. The zero-order valence-corrected chi connectivity index (χ0v) is 23.0. The maximum absolute atomic E-state index is 13.5. The standard InChI is InChI=1S/C26H27N3O7S2/c1-12-18(17-10-28-11-27-22(37-5)24(28)38-17)21(29-20(12)19(13(2)30)23(29)31)26(33)36-14(3)35-25(32)15-8-6-7-9-16(15)34-4/h6-14,19-20,30H,1-5H3/t12-,13+,14?,19+,20+/m0/s1. The maximum atomic E-state index is 13.5. The van der Waals surface area contributed by atoms with E-state index in [1.165, 1.54) is 42.0 Å². The summed E-state index contributed by atoms with van der Waals surface area (Å²) in [5.41, 5.74) is 0.950. The monoisotopic (exact) mass is 557 g/mol. The molecule has 0 saturated carbocycles. The van der Waals surface area contributed by atoms with Crippen molar-refractivity contribution in [3.8, 4) is 5.75 Å². The fourth-order valence-corrected chi connectivity index (χ4v) is 7.10. The van der Waals surface area contributed by atoms with Gasteiger partial charge in [-0.15, -0.1) is 23.1 Å². The van der Waals surface area contributed by atoms with E-state index in [-0.39, 0.29) is 29.1 Å². The van der Waals surface area contributed by atoms with Gasteiger partial charge in [0, 0.05) is 24.6 Å². The lowest BCUT2D eigenvalue weighted by atomic mass is 9.77. The largest absolute Gasteiger partial charge is 0.496 e. The molecule has 2 aliphatic rings. The number of para-hydroxylation sites is 1. The topological polar surface area (TPSA) is 120 Å². The first-order valence-corrected chi connectivity index (χ1v) is 14.0. The van der Waals surface area contributed by atoms with E-state index in [1.54, 1.807) is 37.5 Å². The SMILES string of the molecule is COc1ccccc1C(=O)OC(C)OC(=O)C1=C(c2cn3cnc(SC)c3s2)[C@H](C)[C@@H]2[C@@H]([C@@H](C)O)C(=O)N12. The highest BCUT2D eigenvalue weighted by Gasteiger charge is 2.60. The Morgan fingerprint density at radius 1 is 1.18 bits per heavy atom. The number of fused-ring (bicyclic) bond motifs is 2. The van der Waals surface area contributed by atoms with Crippen LogP contribution in [0.2, 0.25) is 0 Å². The number of ether oxygens (including phenoxy) is 3. The Labute approximate surface area is 227 Å². The van der Waals surface area contributed by atoms with Crippen molar-refractivity contribution in [2.45, 2.75) is 44.2 Å². The van der Waals surface area contributed by atoms with E-state index in [2.05, 4.69) is 4.98 Å². The van der Waals surface area contributed by atoms with Crippen LogP contribution in [-0.4, -0.2) is 69.0 Å². The van der Waals surface area contributed by atoms with Gasteiger partial charge in [-0.2, -0.15) is 0 Å². The van der Waals surface area contributed by atoms with E-state index < -0.39 is 30.3 Å². The lowest BCUT2D eigenvalue weighted by Gasteiger charge is -2.46. The van der Waals surface area contributed by atoms with Crippen LogP contribution in [0, 0.1) is 11.8 Å². The van der Waals surface area contributed by atoms with Gasteiger partial charge in [-0.25, -0.2) is 14.6 Å². The number of methoxy groups -OCH3 is 1. The summed E-state index contributed by atoms with van der Waals surface area (Å²) in [5, 5.41) is 11.1. The van der Waals surface area contributed by atoms with E-state index in [0.717, 1.165) is 14.7 Å². The van der Waals surface area contributed by atoms with Crippen LogP contribution in [-0.2, 0) is 19.1 Å². The Morgan fingerprint density at radius 2 is 1.89 bits per heavy atom. The van der Waals surface area contributed by atoms with E-state index in [0.29, 0.717) is 11.3 Å². The van der Waals surface area contributed by atoms with Crippen molar-refractivity contribution in [3.05, 3.63) is 52.9 Å². The normalized spacial score (nSPS) is 22.2. The van der Waals surface area contributed by atoms with Crippen LogP contribution in [0.5, 0.6) is 5.75 Å². The minimum atomic E-state index is -1.24. The molecular formula is C26H27N3O7S2. The van der Waals surface area contributed by atoms with Gasteiger partial charge >= 0.3 is 11.9 Å². The quantitative estimate of drug-likeness (QED) is 0.192. The number of hydrogen-bond donors (Lipinski definition) is 1. The highest BCUT2D eigenvalue weighted by atomic mass is 32.2. The number of aliphatic hydroxyl groups is 1. The number of aliphatic hydroxyl groups excluding tert-OH is 1. The van der Waals surface area contributed by atoms with Gasteiger partial charge in [0.05, 0.1) is 30.1 Å². The molecule has 1 fully saturated rings. The molecule has 38 heavy (non-hydrogen) atoms. The minimum absolute atomic E-state index is 0.104. The first-order valence-electron chi connectivity index (χ1n) is 12.0. The van der Waals surface area contributed by atoms with Gasteiger partial charge in [0.2, 0.25) is 12.2 Å². The van der Waals surface area contributed by atoms with Crippen molar-refractivity contribution in [2.75, 3.05) is 13.4 Å². The summed E-state index contributed by atoms with van der Waals surface area (Å²) in [7, 11) is 1.44. The number of rotatable bonds is 8. The molecule has 0 aliphatic carbocycles. The Bertz CT molecular complexity index is 1460. The second kappa shape index (κ2) is 10.1. The molecule has 5 rings (SSSR count). The molecule has 12 heteroatoms. The summed E-state index contributed by atoms with van der Waals surface area (Å²) in [4.78, 5) is 46.8. The van der Waals surface area contributed by atoms with E-state index >= 15 is 0 Å². The summed E-state index contributed by atoms with van der Waals surface area (Å²) >= 11 is 2.98. The molecule has 0 radical (unpaired) electrons. The average molecular weight is 558 g/mol. The average Bonchev–Trinajstić information content (AvgIpc) is 3.53. The van der Waals surface area contributed by atoms with Gasteiger partial charge in [0.1, 0.15) is 33.2 Å². The minimum Gasteiger partial charge on any atom is -0.496 e. The molecule has 1 unspecified atom stereocenters. The van der Waals surface area contributed by atoms with Crippen molar-refractivity contribution in [1.82, 2.24) is 14.3 Å². The summed E-state index contributed by atoms with van der Waals surface area (Å²) in [5.74, 6) is -2.37. The third kappa shape index (κ3) is 4.16. The zero-order chi connectivity index (χ0) is 27.3. The fourth-order valence-electron chi connectivity index (χ4n) is 5.18. The van der Waals surface area contributed by atoms with E-state index in [9.17, 15) is 19.5 Å². The zero-order valence-electron chi connectivity index (χ0n) is 21.4. The second-order valence-corrected chi connectivity index (χ2v) is 11.0. The molecule has 3 aromatic rings. The number of nitrogens with zero attached hydrogens (tertiary/aromatic N) is 3. The van der Waals surface area contributed by atoms with Crippen LogP contribution in [0.4, 0.5) is 0 Å². The van der Waals surface area contributed by atoms with Gasteiger partial charge in [-0.3, -0.25) is 9.20 Å². The first kappa shape index (κ1) is 26.3. The number of thioether (sulfide) groups is 1. The summed E-state index contributed by atoms with van der Waals surface area (Å²) < 4.78 is 18.0. The number of amides is 1. The van der Waals surface area contributed by atoms with Crippen molar-refractivity contribution in [2.24, 2.45) is 11.8 Å². The fraction of sp³-hybridized carbons (Fsp3) is 0.385. The molecule has 1 N–H and O–H groups in total. The number of carbonyl (C=O) groups is 3. The molecule has 1 saturated heterocycles. The molecule has 1 aromatic carbocycles. The van der Waals surface area contributed by atoms with Gasteiger partial charge in [-0.05, 0) is 25.3 Å². The third-order valence-corrected chi connectivity index (χ3v) is 8.83. The van der Waals surface area contributed by atoms with E-state index in [1.807, 2.05) is 23.8 Å². The third-order valence-electron chi connectivity index (χ3n) is 6.88. The van der Waals surface area contributed by atoms with Crippen LogP contribution in [0.25, 0.3) is 10.4 Å². The molecule has 0 bridgehead atoms. The number of β-lactam (4-membered cyclic amide) rings is 1. The van der Waals surface area contributed by atoms with Crippen LogP contribution in [0.3, 0.4) is 0 Å². The smallest absolute Gasteiger partial charge is 0.358 e. The van der Waals surface area contributed by atoms with Crippen molar-refractivity contribution in [1.29, 1.82) is 0 Å². The molecule has 200 valence electrons. The summed E-state index contributed by atoms with van der Waals surface area (Å²) in [6.07, 6.45) is 3.42. The van der Waals surface area contributed by atoms with Crippen LogP contribution in [0.1, 0.15) is 36.0 Å². The number of aromatic nitrogens is 2. The number of benzene rings is 1. The lowest BCUT2D eigenvalue weighted by Crippen LogP contribution is -2.63. The Morgan fingerprint density at radius 3 is 2.58 bits per heavy atom. The van der Waals surface area contributed by atoms with Gasteiger partial charge in [0.15, 0.2) is 0 Å². The van der Waals surface area contributed by atoms with Gasteiger partial charge < -0.3 is 24.2 Å². The predicted molar refractivity (Wildman–Crippen MR) is 141 cm³/mol. The Kier molecular flexibility index (Phi) is 6.97. The summed E-state index contributed by atoms with van der Waals surface area (Å²) in [6, 6.07) is 6.18. The van der Waals surface area contributed by atoms with Crippen LogP contribution >= 0.6 is 23.1 Å². The predicted octanol–water partition coefficient (Wildman–Crippen LogP) is 3.44. The maximum Gasteiger partial charge on any atom is 0.358 e. The Hall–Kier alpha value is -3.35. The molecule has 10 nitrogen and oxygen atoms in total. The van der Waals surface area contributed by atoms with Crippen molar-refractivity contribution in [3.63, 3.8) is 0 Å². The van der Waals surface area contributed by atoms with Gasteiger partial charge in [0.25, 0.3) is 0 Å². The molecule has 5 atom stereocenters. The molecule has 0 spiro atoms. The van der Waals surface area contributed by atoms with Crippen molar-refractivity contribution >= 4 is 51.3 Å². The van der Waals surface area contributed by atoms with E-state index in [4.69, 9.17) is 14.2 Å². The molecule has 4 heterocycles. The highest BCUT2D eigenvalue weighted by Crippen LogP contribution is 2.52. The number of hydrogen-bond acceptors (Lipinski definition) is 10. The highest BCUT2D eigenvalue weighted by molar-refractivity contribution is 7.98. The van der Waals surface area contributed by atoms with Gasteiger partial charge in [-0.1, -0.05) is 19.1 Å². The van der Waals surface area contributed by atoms with Crippen LogP contribution in [0.15, 0.2) is 47.5 Å². The van der Waals surface area contributed by atoms with Crippen molar-refractivity contribution < 1.29 is 33.7 Å². The number of esters is 2. The molecular weight excluding hydrogens is 530 g/mol. The number of thiazole rings is 1.